The summed E-state index contributed by atoms with van der Waals surface area (Å²) >= 11 is 0. The van der Waals surface area contributed by atoms with Crippen molar-refractivity contribution >= 4 is 0 Å². The van der Waals surface area contributed by atoms with Crippen LogP contribution in [0.3, 0.4) is 0 Å². The van der Waals surface area contributed by atoms with Crippen molar-refractivity contribution in [3.05, 3.63) is 28.8 Å². The maximum absolute atomic E-state index is 9.23. The molecule has 1 rings (SSSR count). The monoisotopic (exact) mass is 224 g/mol. The molecule has 0 heterocycles. The van der Waals surface area contributed by atoms with Gasteiger partial charge >= 0.3 is 0 Å². The van der Waals surface area contributed by atoms with Crippen molar-refractivity contribution in [2.75, 3.05) is 0 Å². The van der Waals surface area contributed by atoms with E-state index in [2.05, 4.69) is 6.07 Å². The van der Waals surface area contributed by atoms with Gasteiger partial charge in [0.2, 0.25) is 0 Å². The Morgan fingerprint density at radius 3 is 2.27 bits per heavy atom. The van der Waals surface area contributed by atoms with Crippen LogP contribution in [0.15, 0.2) is 6.07 Å². The molecule has 0 spiro atoms. The third-order valence-electron chi connectivity index (χ3n) is 1.70. The molecule has 0 bridgehead atoms. The molecule has 1 N–H and O–H groups in total. The molecule has 0 aliphatic carbocycles. The van der Waals surface area contributed by atoms with Gasteiger partial charge in [0.25, 0.3) is 0 Å². The SMILES string of the molecule is Cc1[c-]c(O)c(C)c(C)c1.[Y]. The van der Waals surface area contributed by atoms with Crippen LogP contribution < -0.4 is 0 Å². The maximum atomic E-state index is 9.23. The van der Waals surface area contributed by atoms with Crippen molar-refractivity contribution in [1.29, 1.82) is 0 Å². The van der Waals surface area contributed by atoms with E-state index in [1.807, 2.05) is 26.8 Å². The summed E-state index contributed by atoms with van der Waals surface area (Å²) in [5.74, 6) is 0.275. The van der Waals surface area contributed by atoms with Crippen LogP contribution in [0.25, 0.3) is 0 Å². The Morgan fingerprint density at radius 1 is 1.27 bits per heavy atom. The second-order valence-electron chi connectivity index (χ2n) is 2.61. The molecule has 1 nitrogen and oxygen atoms in total. The molecule has 1 aromatic carbocycles. The Hall–Kier alpha value is 0.124. The smallest absolute Gasteiger partial charge is 0.00734 e. The molecule has 57 valence electrons. The van der Waals surface area contributed by atoms with Gasteiger partial charge in [-0.05, 0) is 0 Å². The van der Waals surface area contributed by atoms with E-state index in [9.17, 15) is 5.11 Å². The molecule has 0 fully saturated rings. The first-order valence-electron chi connectivity index (χ1n) is 3.30. The van der Waals surface area contributed by atoms with E-state index in [0.29, 0.717) is 0 Å². The molecule has 1 aromatic rings. The molecular formula is C9H11OY-. The first-order chi connectivity index (χ1) is 4.61. The van der Waals surface area contributed by atoms with Crippen LogP contribution in [0.1, 0.15) is 16.7 Å². The largest absolute Gasteiger partial charge is 0.534 e. The Bertz CT molecular complexity index is 233. The van der Waals surface area contributed by atoms with Gasteiger partial charge in [-0.15, -0.1) is 11.6 Å². The molecule has 0 aliphatic rings. The third-order valence-corrected chi connectivity index (χ3v) is 1.70. The summed E-state index contributed by atoms with van der Waals surface area (Å²) in [4.78, 5) is 0. The predicted octanol–water partition coefficient (Wildman–Crippen LogP) is 2.12. The van der Waals surface area contributed by atoms with Gasteiger partial charge in [-0.2, -0.15) is 17.2 Å². The normalized spacial score (nSPS) is 9.00. The predicted molar refractivity (Wildman–Crippen MR) is 41.2 cm³/mol. The minimum atomic E-state index is 0. The number of phenols is 1. The topological polar surface area (TPSA) is 20.2 Å². The Labute approximate surface area is 92.7 Å². The van der Waals surface area contributed by atoms with Crippen molar-refractivity contribution < 1.29 is 37.8 Å². The quantitative estimate of drug-likeness (QED) is 0.669. The van der Waals surface area contributed by atoms with Gasteiger partial charge in [0.15, 0.2) is 0 Å². The number of benzene rings is 1. The molecule has 0 saturated heterocycles. The van der Waals surface area contributed by atoms with Gasteiger partial charge in [0.05, 0.1) is 0 Å². The zero-order chi connectivity index (χ0) is 7.72. The van der Waals surface area contributed by atoms with Crippen LogP contribution in [0.5, 0.6) is 5.75 Å². The Balaban J connectivity index is 0.000001000. The zero-order valence-corrected chi connectivity index (χ0v) is 9.94. The molecule has 11 heavy (non-hydrogen) atoms. The summed E-state index contributed by atoms with van der Waals surface area (Å²) in [6.45, 7) is 5.79. The fraction of sp³-hybridized carbons (Fsp3) is 0.333. The Kier molecular flexibility index (Phi) is 4.27. The molecule has 0 atom stereocenters. The number of aryl methyl sites for hydroxylation is 2. The maximum Gasteiger partial charge on any atom is 0.00734 e. The zero-order valence-electron chi connectivity index (χ0n) is 7.10. The van der Waals surface area contributed by atoms with Gasteiger partial charge in [0, 0.05) is 38.5 Å². The van der Waals surface area contributed by atoms with Crippen molar-refractivity contribution in [3.8, 4) is 5.75 Å². The van der Waals surface area contributed by atoms with E-state index in [1.165, 1.54) is 0 Å². The third kappa shape index (κ3) is 2.57. The van der Waals surface area contributed by atoms with Crippen LogP contribution >= 0.6 is 0 Å². The fourth-order valence-electron chi connectivity index (χ4n) is 0.936. The summed E-state index contributed by atoms with van der Waals surface area (Å²) in [7, 11) is 0. The fourth-order valence-corrected chi connectivity index (χ4v) is 0.936. The van der Waals surface area contributed by atoms with Gasteiger partial charge in [-0.3, -0.25) is 0 Å². The average molecular weight is 224 g/mol. The van der Waals surface area contributed by atoms with Crippen LogP contribution in [0.4, 0.5) is 0 Å². The molecular weight excluding hydrogens is 213 g/mol. The molecule has 1 radical (unpaired) electrons. The van der Waals surface area contributed by atoms with Crippen LogP contribution in [0, 0.1) is 26.8 Å². The number of hydrogen-bond acceptors (Lipinski definition) is 1. The summed E-state index contributed by atoms with van der Waals surface area (Å²) in [6, 6.07) is 4.84. The van der Waals surface area contributed by atoms with E-state index in [-0.39, 0.29) is 38.5 Å². The second kappa shape index (κ2) is 4.22. The molecule has 2 heteroatoms. The summed E-state index contributed by atoms with van der Waals surface area (Å²) in [6.07, 6.45) is 0. The molecule has 0 aliphatic heterocycles. The van der Waals surface area contributed by atoms with Gasteiger partial charge in [-0.25, -0.2) is 0 Å². The van der Waals surface area contributed by atoms with Crippen LogP contribution in [-0.2, 0) is 32.7 Å². The van der Waals surface area contributed by atoms with Crippen molar-refractivity contribution in [1.82, 2.24) is 0 Å². The van der Waals surface area contributed by atoms with E-state index < -0.39 is 0 Å². The van der Waals surface area contributed by atoms with Crippen molar-refractivity contribution in [3.63, 3.8) is 0 Å². The molecule has 0 saturated carbocycles. The van der Waals surface area contributed by atoms with Gasteiger partial charge in [-0.1, -0.05) is 20.8 Å². The van der Waals surface area contributed by atoms with Crippen molar-refractivity contribution in [2.45, 2.75) is 20.8 Å². The molecule has 0 aromatic heterocycles. The number of aromatic hydroxyl groups is 1. The number of phenolic OH excluding ortho intramolecular Hbond substituents is 1. The van der Waals surface area contributed by atoms with E-state index in [1.54, 1.807) is 0 Å². The van der Waals surface area contributed by atoms with E-state index in [4.69, 9.17) is 0 Å². The van der Waals surface area contributed by atoms with Crippen molar-refractivity contribution in [2.24, 2.45) is 0 Å². The van der Waals surface area contributed by atoms with Gasteiger partial charge < -0.3 is 5.11 Å². The standard InChI is InChI=1S/C9H11O.Y/c1-6-4-7(2)8(3)9(10)5-6;/h4,10H,1-3H3;/q-1;. The average Bonchev–Trinajstić information content (AvgIpc) is 1.82. The summed E-state index contributed by atoms with van der Waals surface area (Å²) < 4.78 is 0. The second-order valence-corrected chi connectivity index (χ2v) is 2.61. The Morgan fingerprint density at radius 2 is 1.82 bits per heavy atom. The first kappa shape index (κ1) is 11.1. The number of hydrogen-bond donors (Lipinski definition) is 1. The molecule has 0 amide bonds. The van der Waals surface area contributed by atoms with Crippen LogP contribution in [0.2, 0.25) is 0 Å². The minimum Gasteiger partial charge on any atom is -0.534 e. The molecule has 0 unspecified atom stereocenters. The van der Waals surface area contributed by atoms with Gasteiger partial charge in [0.1, 0.15) is 0 Å². The first-order valence-corrected chi connectivity index (χ1v) is 3.30. The minimum absolute atomic E-state index is 0. The van der Waals surface area contributed by atoms with Crippen LogP contribution in [-0.4, -0.2) is 5.11 Å². The summed E-state index contributed by atoms with van der Waals surface area (Å²) in [5, 5.41) is 9.23. The number of rotatable bonds is 0. The summed E-state index contributed by atoms with van der Waals surface area (Å²) in [5.41, 5.74) is 3.03. The van der Waals surface area contributed by atoms with E-state index in [0.717, 1.165) is 16.7 Å². The van der Waals surface area contributed by atoms with E-state index >= 15 is 0 Å².